The number of ether oxygens (including phenoxy) is 1. The van der Waals surface area contributed by atoms with Gasteiger partial charge in [0.2, 0.25) is 0 Å². The van der Waals surface area contributed by atoms with Crippen molar-refractivity contribution in [3.8, 4) is 5.75 Å². The van der Waals surface area contributed by atoms with Crippen molar-refractivity contribution < 1.29 is 30.5 Å². The average Bonchev–Trinajstić information content (AvgIpc) is 2.53. The molecule has 2 aromatic carbocycles. The lowest BCUT2D eigenvalue weighted by Crippen LogP contribution is -2.13. The Morgan fingerprint density at radius 3 is 2.28 bits per heavy atom. The first-order chi connectivity index (χ1) is 11.6. The van der Waals surface area contributed by atoms with Crippen molar-refractivity contribution in [1.82, 2.24) is 0 Å². The topological polar surface area (TPSA) is 52.6 Å². The highest BCUT2D eigenvalue weighted by atomic mass is 35.5. The molecule has 0 saturated carbocycles. The number of methoxy groups -OCH3 is 1. The lowest BCUT2D eigenvalue weighted by Gasteiger charge is -2.12. The number of benzene rings is 2. The van der Waals surface area contributed by atoms with Crippen LogP contribution < -0.4 is 4.18 Å². The minimum Gasteiger partial charge on any atom is -0.384 e. The summed E-state index contributed by atoms with van der Waals surface area (Å²) in [6, 6.07) is 8.41. The van der Waals surface area contributed by atoms with Crippen molar-refractivity contribution >= 4 is 21.7 Å². The average molecular weight is 395 g/mol. The molecular weight excluding hydrogens is 381 g/mol. The highest BCUT2D eigenvalue weighted by Gasteiger charge is 2.34. The summed E-state index contributed by atoms with van der Waals surface area (Å²) < 4.78 is 72.8. The highest BCUT2D eigenvalue weighted by molar-refractivity contribution is 7.87. The fraction of sp³-hybridized carbons (Fsp3) is 0.250. The van der Waals surface area contributed by atoms with Crippen LogP contribution in [0.4, 0.5) is 13.2 Å². The first-order valence-corrected chi connectivity index (χ1v) is 8.81. The van der Waals surface area contributed by atoms with E-state index in [1.165, 1.54) is 12.1 Å². The molecule has 0 aliphatic carbocycles. The minimum atomic E-state index is -4.77. The SMILES string of the molecule is COCCc1ccc(OS(=O)(=O)c2ccc(Cl)c(C(F)(F)F)c2)cc1. The van der Waals surface area contributed by atoms with E-state index in [-0.39, 0.29) is 5.75 Å². The summed E-state index contributed by atoms with van der Waals surface area (Å²) in [7, 11) is -2.87. The molecule has 0 amide bonds. The van der Waals surface area contributed by atoms with Crippen molar-refractivity contribution in [3.05, 3.63) is 58.6 Å². The predicted octanol–water partition coefficient (Wildman–Crippen LogP) is 4.32. The van der Waals surface area contributed by atoms with Crippen LogP contribution in [0.5, 0.6) is 5.75 Å². The van der Waals surface area contributed by atoms with Gasteiger partial charge in [0.1, 0.15) is 10.6 Å². The van der Waals surface area contributed by atoms with E-state index >= 15 is 0 Å². The van der Waals surface area contributed by atoms with E-state index in [4.69, 9.17) is 20.5 Å². The Labute approximate surface area is 148 Å². The van der Waals surface area contributed by atoms with Crippen LogP contribution in [0.25, 0.3) is 0 Å². The monoisotopic (exact) mass is 394 g/mol. The van der Waals surface area contributed by atoms with Gasteiger partial charge in [-0.15, -0.1) is 0 Å². The van der Waals surface area contributed by atoms with Crippen LogP contribution in [-0.2, 0) is 27.5 Å². The summed E-state index contributed by atoms with van der Waals surface area (Å²) in [4.78, 5) is -0.632. The highest BCUT2D eigenvalue weighted by Crippen LogP contribution is 2.36. The Kier molecular flexibility index (Phi) is 5.97. The summed E-state index contributed by atoms with van der Waals surface area (Å²) in [5, 5.41) is -0.589. The van der Waals surface area contributed by atoms with Crippen LogP contribution in [0.3, 0.4) is 0 Å². The predicted molar refractivity (Wildman–Crippen MR) is 86.3 cm³/mol. The number of hydrogen-bond acceptors (Lipinski definition) is 4. The van der Waals surface area contributed by atoms with Gasteiger partial charge < -0.3 is 8.92 Å². The zero-order valence-electron chi connectivity index (χ0n) is 13.0. The Bertz CT molecular complexity index is 833. The molecule has 0 radical (unpaired) electrons. The number of alkyl halides is 3. The molecular formula is C16H14ClF3O4S. The van der Waals surface area contributed by atoms with Crippen LogP contribution in [0.15, 0.2) is 47.4 Å². The van der Waals surface area contributed by atoms with Crippen molar-refractivity contribution in [3.63, 3.8) is 0 Å². The molecule has 0 fully saturated rings. The van der Waals surface area contributed by atoms with Crippen molar-refractivity contribution in [2.75, 3.05) is 13.7 Å². The fourth-order valence-corrected chi connectivity index (χ4v) is 3.17. The minimum absolute atomic E-state index is 0.00956. The zero-order valence-corrected chi connectivity index (χ0v) is 14.6. The molecule has 0 aliphatic heterocycles. The molecule has 136 valence electrons. The molecule has 0 N–H and O–H groups in total. The molecule has 0 unspecified atom stereocenters. The first-order valence-electron chi connectivity index (χ1n) is 7.02. The molecule has 2 rings (SSSR count). The lowest BCUT2D eigenvalue weighted by atomic mass is 10.1. The molecule has 4 nitrogen and oxygen atoms in total. The molecule has 0 bridgehead atoms. The molecule has 0 aliphatic rings. The number of hydrogen-bond donors (Lipinski definition) is 0. The van der Waals surface area contributed by atoms with E-state index in [0.717, 1.165) is 17.7 Å². The molecule has 2 aromatic rings. The van der Waals surface area contributed by atoms with Gasteiger partial charge in [0, 0.05) is 7.11 Å². The third-order valence-corrected chi connectivity index (χ3v) is 4.83. The first kappa shape index (κ1) is 19.6. The van der Waals surface area contributed by atoms with E-state index in [1.807, 2.05) is 0 Å². The third kappa shape index (κ3) is 5.10. The third-order valence-electron chi connectivity index (χ3n) is 3.26. The van der Waals surface area contributed by atoms with Gasteiger partial charge >= 0.3 is 16.3 Å². The molecule has 0 heterocycles. The van der Waals surface area contributed by atoms with Gasteiger partial charge in [0.15, 0.2) is 0 Å². The van der Waals surface area contributed by atoms with Crippen LogP contribution in [0.2, 0.25) is 5.02 Å². The van der Waals surface area contributed by atoms with Crippen molar-refractivity contribution in [2.45, 2.75) is 17.5 Å². The molecule has 0 atom stereocenters. The Morgan fingerprint density at radius 1 is 1.08 bits per heavy atom. The standard InChI is InChI=1S/C16H14ClF3O4S/c1-23-9-8-11-2-4-12(5-3-11)24-25(21,22)13-6-7-15(17)14(10-13)16(18,19)20/h2-7,10H,8-9H2,1H3. The summed E-state index contributed by atoms with van der Waals surface area (Å²) >= 11 is 5.48. The van der Waals surface area contributed by atoms with Crippen LogP contribution in [0, 0.1) is 0 Å². The largest absolute Gasteiger partial charge is 0.417 e. The fourth-order valence-electron chi connectivity index (χ4n) is 1.98. The number of rotatable bonds is 6. The van der Waals surface area contributed by atoms with Crippen LogP contribution >= 0.6 is 11.6 Å². The molecule has 0 spiro atoms. The second-order valence-electron chi connectivity index (χ2n) is 5.06. The van der Waals surface area contributed by atoms with Gasteiger partial charge in [0.05, 0.1) is 17.2 Å². The Morgan fingerprint density at radius 2 is 1.72 bits per heavy atom. The smallest absolute Gasteiger partial charge is 0.384 e. The molecule has 9 heteroatoms. The van der Waals surface area contributed by atoms with Gasteiger partial charge in [-0.1, -0.05) is 23.7 Å². The maximum atomic E-state index is 12.9. The maximum Gasteiger partial charge on any atom is 0.417 e. The van der Waals surface area contributed by atoms with Gasteiger partial charge in [-0.3, -0.25) is 0 Å². The zero-order chi connectivity index (χ0) is 18.7. The maximum absolute atomic E-state index is 12.9. The lowest BCUT2D eigenvalue weighted by molar-refractivity contribution is -0.137. The van der Waals surface area contributed by atoms with Gasteiger partial charge in [-0.2, -0.15) is 21.6 Å². The van der Waals surface area contributed by atoms with Crippen LogP contribution in [-0.4, -0.2) is 22.1 Å². The summed E-state index contributed by atoms with van der Waals surface area (Å²) in [5.41, 5.74) is -0.341. The molecule has 25 heavy (non-hydrogen) atoms. The Balaban J connectivity index is 2.24. The van der Waals surface area contributed by atoms with Crippen molar-refractivity contribution in [2.24, 2.45) is 0 Å². The van der Waals surface area contributed by atoms with E-state index in [2.05, 4.69) is 0 Å². The molecule has 0 saturated heterocycles. The van der Waals surface area contributed by atoms with Crippen LogP contribution in [0.1, 0.15) is 11.1 Å². The van der Waals surface area contributed by atoms with E-state index < -0.39 is 31.8 Å². The van der Waals surface area contributed by atoms with E-state index in [0.29, 0.717) is 19.1 Å². The summed E-state index contributed by atoms with van der Waals surface area (Å²) in [6.07, 6.45) is -4.14. The van der Waals surface area contributed by atoms with Gasteiger partial charge in [-0.25, -0.2) is 0 Å². The van der Waals surface area contributed by atoms with E-state index in [9.17, 15) is 21.6 Å². The summed E-state index contributed by atoms with van der Waals surface area (Å²) in [5.74, 6) is -0.00956. The Hall–Kier alpha value is -1.77. The second kappa shape index (κ2) is 7.63. The van der Waals surface area contributed by atoms with Crippen molar-refractivity contribution in [1.29, 1.82) is 0 Å². The molecule has 0 aromatic heterocycles. The number of halogens is 4. The normalized spacial score (nSPS) is 12.2. The van der Waals surface area contributed by atoms with E-state index in [1.54, 1.807) is 19.2 Å². The van der Waals surface area contributed by atoms with Gasteiger partial charge in [-0.05, 0) is 42.3 Å². The quantitative estimate of drug-likeness (QED) is 0.685. The second-order valence-corrected chi connectivity index (χ2v) is 7.02. The summed E-state index contributed by atoms with van der Waals surface area (Å²) in [6.45, 7) is 0.503. The van der Waals surface area contributed by atoms with Gasteiger partial charge in [0.25, 0.3) is 0 Å².